The molecule has 0 saturated carbocycles. The number of fused-ring (bicyclic) bond motifs is 1. The minimum Gasteiger partial charge on any atom is -0.393 e. The first-order chi connectivity index (χ1) is 11.8. The molecule has 2 aromatic carbocycles. The molecule has 0 bridgehead atoms. The molecular weight excluding hydrogens is 338 g/mol. The summed E-state index contributed by atoms with van der Waals surface area (Å²) in [5.74, 6) is -1.29. The van der Waals surface area contributed by atoms with E-state index in [1.807, 2.05) is 0 Å². The number of pyridine rings is 1. The van der Waals surface area contributed by atoms with Gasteiger partial charge in [0.05, 0.1) is 22.0 Å². The van der Waals surface area contributed by atoms with E-state index in [9.17, 15) is 29.0 Å². The molecule has 128 valence electrons. The number of hydrogen-bond acceptors (Lipinski definition) is 6. The summed E-state index contributed by atoms with van der Waals surface area (Å²) in [7, 11) is 0. The number of non-ortho nitro benzene ring substituents is 1. The van der Waals surface area contributed by atoms with E-state index in [0.717, 1.165) is 24.3 Å². The largest absolute Gasteiger partial charge is 0.393 e. The predicted molar refractivity (Wildman–Crippen MR) is 85.8 cm³/mol. The van der Waals surface area contributed by atoms with Crippen molar-refractivity contribution in [2.24, 2.45) is 0 Å². The Morgan fingerprint density at radius 1 is 0.920 bits per heavy atom. The molecular formula is C15H10F2N4O4. The summed E-state index contributed by atoms with van der Waals surface area (Å²) in [6.45, 7) is 0. The van der Waals surface area contributed by atoms with Gasteiger partial charge >= 0.3 is 0 Å². The summed E-state index contributed by atoms with van der Waals surface area (Å²) < 4.78 is 25.3. The molecule has 10 heteroatoms. The third-order valence-electron chi connectivity index (χ3n) is 3.04. The summed E-state index contributed by atoms with van der Waals surface area (Å²) >= 11 is 0. The first-order valence-corrected chi connectivity index (χ1v) is 6.67. The lowest BCUT2D eigenvalue weighted by Crippen LogP contribution is -1.95. The minimum atomic E-state index is -0.724. The topological polar surface area (TPSA) is 125 Å². The molecule has 0 aliphatic carbocycles. The highest BCUT2D eigenvalue weighted by atomic mass is 19.1. The van der Waals surface area contributed by atoms with Gasteiger partial charge in [0.15, 0.2) is 0 Å². The predicted octanol–water partition coefficient (Wildman–Crippen LogP) is 3.60. The second kappa shape index (κ2) is 7.25. The maximum absolute atomic E-state index is 12.9. The number of nitrogens with two attached hydrogens (primary N) is 1. The number of nitrogen functional groups attached to an aromatic ring is 1. The molecule has 3 rings (SSSR count). The molecule has 0 radical (unpaired) electrons. The lowest BCUT2D eigenvalue weighted by molar-refractivity contribution is -0.384. The second-order valence-corrected chi connectivity index (χ2v) is 4.72. The zero-order valence-corrected chi connectivity index (χ0v) is 12.4. The Balaban J connectivity index is 0.000000186. The number of aromatic nitrogens is 1. The summed E-state index contributed by atoms with van der Waals surface area (Å²) in [4.78, 5) is 23.2. The van der Waals surface area contributed by atoms with E-state index in [2.05, 4.69) is 4.98 Å². The fraction of sp³-hybridized carbons (Fsp3) is 0. The van der Waals surface area contributed by atoms with Gasteiger partial charge in [0.25, 0.3) is 11.4 Å². The lowest BCUT2D eigenvalue weighted by Gasteiger charge is -1.97. The fourth-order valence-corrected chi connectivity index (χ4v) is 1.95. The molecule has 1 aromatic heterocycles. The van der Waals surface area contributed by atoms with Crippen molar-refractivity contribution in [1.82, 2.24) is 4.98 Å². The number of nitro benzene ring substituents is 2. The third-order valence-corrected chi connectivity index (χ3v) is 3.04. The molecule has 0 fully saturated rings. The van der Waals surface area contributed by atoms with Crippen molar-refractivity contribution in [2.75, 3.05) is 5.73 Å². The maximum atomic E-state index is 12.9. The summed E-state index contributed by atoms with van der Waals surface area (Å²) in [6, 6.07) is 8.29. The highest BCUT2D eigenvalue weighted by Crippen LogP contribution is 2.24. The van der Waals surface area contributed by atoms with Crippen LogP contribution >= 0.6 is 0 Å². The van der Waals surface area contributed by atoms with E-state index in [1.54, 1.807) is 12.1 Å². The Kier molecular flexibility index (Phi) is 5.12. The molecule has 0 unspecified atom stereocenters. The molecule has 0 aliphatic heterocycles. The highest BCUT2D eigenvalue weighted by molar-refractivity contribution is 5.86. The van der Waals surface area contributed by atoms with Gasteiger partial charge in [-0.1, -0.05) is 6.07 Å². The van der Waals surface area contributed by atoms with Gasteiger partial charge < -0.3 is 5.73 Å². The van der Waals surface area contributed by atoms with Crippen LogP contribution in [-0.2, 0) is 0 Å². The third kappa shape index (κ3) is 4.19. The zero-order valence-electron chi connectivity index (χ0n) is 12.4. The van der Waals surface area contributed by atoms with Crippen LogP contribution in [0.1, 0.15) is 0 Å². The minimum absolute atomic E-state index is 0.0311. The van der Waals surface area contributed by atoms with Crippen LogP contribution in [0.2, 0.25) is 0 Å². The van der Waals surface area contributed by atoms with Crippen LogP contribution in [0.25, 0.3) is 10.9 Å². The van der Waals surface area contributed by atoms with Crippen molar-refractivity contribution in [3.8, 4) is 0 Å². The molecule has 0 saturated heterocycles. The molecule has 25 heavy (non-hydrogen) atoms. The Morgan fingerprint density at radius 3 is 2.16 bits per heavy atom. The van der Waals surface area contributed by atoms with Gasteiger partial charge in [-0.15, -0.1) is 0 Å². The van der Waals surface area contributed by atoms with Crippen molar-refractivity contribution in [2.45, 2.75) is 0 Å². The molecule has 3 aromatic rings. The Hall–Kier alpha value is -3.69. The fourth-order valence-electron chi connectivity index (χ4n) is 1.95. The smallest absolute Gasteiger partial charge is 0.298 e. The molecule has 1 heterocycles. The Labute approximate surface area is 138 Å². The van der Waals surface area contributed by atoms with Crippen molar-refractivity contribution in [3.63, 3.8) is 0 Å². The first-order valence-electron chi connectivity index (χ1n) is 6.67. The van der Waals surface area contributed by atoms with Crippen LogP contribution < -0.4 is 5.73 Å². The van der Waals surface area contributed by atoms with Crippen molar-refractivity contribution < 1.29 is 18.6 Å². The Morgan fingerprint density at radius 2 is 1.56 bits per heavy atom. The van der Waals surface area contributed by atoms with Crippen molar-refractivity contribution in [1.29, 1.82) is 0 Å². The standard InChI is InChI=1S/C9H5FN2O2.C6H5FN2O2/c10-7-4-6-2-1-3-11-9(6)8(5-7)12(13)14;7-4-1-2-5(8)6(3-4)9(10)11/h1-5H;1-3H,8H2. The maximum Gasteiger partial charge on any atom is 0.298 e. The van der Waals surface area contributed by atoms with E-state index >= 15 is 0 Å². The lowest BCUT2D eigenvalue weighted by atomic mass is 10.2. The van der Waals surface area contributed by atoms with Gasteiger partial charge in [0.1, 0.15) is 22.8 Å². The summed E-state index contributed by atoms with van der Waals surface area (Å²) in [6.07, 6.45) is 1.44. The van der Waals surface area contributed by atoms with Gasteiger partial charge in [-0.3, -0.25) is 20.2 Å². The van der Waals surface area contributed by atoms with Gasteiger partial charge in [-0.25, -0.2) is 13.8 Å². The van der Waals surface area contributed by atoms with Crippen LogP contribution in [0.3, 0.4) is 0 Å². The average molecular weight is 348 g/mol. The van der Waals surface area contributed by atoms with Crippen LogP contribution in [0.5, 0.6) is 0 Å². The monoisotopic (exact) mass is 348 g/mol. The van der Waals surface area contributed by atoms with E-state index in [0.29, 0.717) is 5.39 Å². The molecule has 2 N–H and O–H groups in total. The summed E-state index contributed by atoms with van der Waals surface area (Å²) in [5, 5.41) is 21.1. The molecule has 0 amide bonds. The van der Waals surface area contributed by atoms with Crippen molar-refractivity contribution >= 4 is 28.0 Å². The van der Waals surface area contributed by atoms with Gasteiger partial charge in [0, 0.05) is 11.6 Å². The van der Waals surface area contributed by atoms with Crippen LogP contribution in [-0.4, -0.2) is 14.8 Å². The second-order valence-electron chi connectivity index (χ2n) is 4.72. The number of anilines is 1. The van der Waals surface area contributed by atoms with E-state index < -0.39 is 27.2 Å². The molecule has 0 aliphatic rings. The molecule has 0 atom stereocenters. The van der Waals surface area contributed by atoms with Crippen LogP contribution in [0.15, 0.2) is 48.7 Å². The SMILES string of the molecule is Nc1ccc(F)cc1[N+](=O)[O-].O=[N+]([O-])c1cc(F)cc2cccnc12. The number of nitrogens with zero attached hydrogens (tertiary/aromatic N) is 3. The highest BCUT2D eigenvalue weighted by Gasteiger charge is 2.14. The van der Waals surface area contributed by atoms with E-state index in [1.165, 1.54) is 12.3 Å². The zero-order chi connectivity index (χ0) is 18.6. The molecule has 8 nitrogen and oxygen atoms in total. The normalized spacial score (nSPS) is 10.0. The first kappa shape index (κ1) is 17.7. The molecule has 0 spiro atoms. The van der Waals surface area contributed by atoms with Crippen LogP contribution in [0.4, 0.5) is 25.8 Å². The summed E-state index contributed by atoms with van der Waals surface area (Å²) in [5.41, 5.74) is 4.66. The number of halogens is 2. The quantitative estimate of drug-likeness (QED) is 0.428. The number of benzene rings is 2. The number of hydrogen-bond donors (Lipinski definition) is 1. The Bertz CT molecular complexity index is 965. The van der Waals surface area contributed by atoms with Gasteiger partial charge in [0.2, 0.25) is 0 Å². The van der Waals surface area contributed by atoms with E-state index in [4.69, 9.17) is 5.73 Å². The van der Waals surface area contributed by atoms with Crippen LogP contribution in [0, 0.1) is 31.9 Å². The average Bonchev–Trinajstić information content (AvgIpc) is 2.56. The van der Waals surface area contributed by atoms with Gasteiger partial charge in [-0.2, -0.15) is 0 Å². The van der Waals surface area contributed by atoms with Gasteiger partial charge in [-0.05, 0) is 24.3 Å². The number of rotatable bonds is 2. The number of nitro groups is 2. The van der Waals surface area contributed by atoms with Crippen molar-refractivity contribution in [3.05, 3.63) is 80.5 Å². The van der Waals surface area contributed by atoms with E-state index in [-0.39, 0.29) is 16.9 Å².